The van der Waals surface area contributed by atoms with Gasteiger partial charge in [-0.1, -0.05) is 29.3 Å². The Hall–Kier alpha value is -2.57. The van der Waals surface area contributed by atoms with Crippen molar-refractivity contribution in [1.29, 1.82) is 0 Å². The number of hydrogen-bond acceptors (Lipinski definition) is 6. The number of hydrogen-bond donors (Lipinski definition) is 3. The van der Waals surface area contributed by atoms with Gasteiger partial charge in [0.15, 0.2) is 5.82 Å². The van der Waals surface area contributed by atoms with Gasteiger partial charge in [-0.2, -0.15) is 15.0 Å². The summed E-state index contributed by atoms with van der Waals surface area (Å²) >= 11 is 11.8. The van der Waals surface area contributed by atoms with Gasteiger partial charge in [-0.15, -0.1) is 0 Å². The van der Waals surface area contributed by atoms with Crippen molar-refractivity contribution in [2.45, 2.75) is 6.54 Å². The summed E-state index contributed by atoms with van der Waals surface area (Å²) in [4.78, 5) is 12.6. The summed E-state index contributed by atoms with van der Waals surface area (Å²) in [6, 6.07) is 14.6. The molecule has 3 aromatic rings. The number of rotatable bonds is 5. The molecule has 0 amide bonds. The SMILES string of the molecule is Nc1nc(CNc2ccc(Cl)cc2)nc(Nc2cccc(Cl)c2)n1. The molecule has 1 aromatic heterocycles. The zero-order valence-electron chi connectivity index (χ0n) is 12.5. The molecule has 3 rings (SSSR count). The van der Waals surface area contributed by atoms with E-state index in [0.717, 1.165) is 11.4 Å². The van der Waals surface area contributed by atoms with Gasteiger partial charge in [0.25, 0.3) is 0 Å². The van der Waals surface area contributed by atoms with E-state index in [1.54, 1.807) is 24.3 Å². The number of halogens is 2. The van der Waals surface area contributed by atoms with Crippen LogP contribution in [0, 0.1) is 0 Å². The van der Waals surface area contributed by atoms with Crippen LogP contribution in [-0.4, -0.2) is 15.0 Å². The highest BCUT2D eigenvalue weighted by molar-refractivity contribution is 6.31. The molecule has 0 saturated carbocycles. The minimum atomic E-state index is 0.141. The molecule has 4 N–H and O–H groups in total. The van der Waals surface area contributed by atoms with Crippen LogP contribution in [0.25, 0.3) is 0 Å². The third kappa shape index (κ3) is 4.47. The minimum absolute atomic E-state index is 0.141. The van der Waals surface area contributed by atoms with Crippen LogP contribution in [0.4, 0.5) is 23.3 Å². The monoisotopic (exact) mass is 360 g/mol. The number of aromatic nitrogens is 3. The molecule has 0 aliphatic carbocycles. The number of nitrogens with two attached hydrogens (primary N) is 1. The molecule has 0 aliphatic rings. The molecular formula is C16H14Cl2N6. The first kappa shape index (κ1) is 16.3. The normalized spacial score (nSPS) is 10.4. The van der Waals surface area contributed by atoms with E-state index in [4.69, 9.17) is 28.9 Å². The number of nitrogens with one attached hydrogen (secondary N) is 2. The first-order chi connectivity index (χ1) is 11.6. The second-order valence-electron chi connectivity index (χ2n) is 4.93. The first-order valence-electron chi connectivity index (χ1n) is 7.11. The van der Waals surface area contributed by atoms with E-state index in [9.17, 15) is 0 Å². The second kappa shape index (κ2) is 7.33. The van der Waals surface area contributed by atoms with Crippen molar-refractivity contribution < 1.29 is 0 Å². The van der Waals surface area contributed by atoms with Crippen molar-refractivity contribution in [3.63, 3.8) is 0 Å². The molecule has 0 bridgehead atoms. The molecule has 2 aromatic carbocycles. The molecule has 0 aliphatic heterocycles. The van der Waals surface area contributed by atoms with Gasteiger partial charge < -0.3 is 16.4 Å². The molecule has 0 spiro atoms. The number of anilines is 4. The van der Waals surface area contributed by atoms with E-state index >= 15 is 0 Å². The Morgan fingerprint density at radius 2 is 1.67 bits per heavy atom. The molecule has 6 nitrogen and oxygen atoms in total. The standard InChI is InChI=1S/C16H14Cl2N6/c17-10-4-6-12(7-5-10)20-9-14-22-15(19)24-16(23-14)21-13-3-1-2-11(18)8-13/h1-8,20H,9H2,(H3,19,21,22,23,24). The molecule has 0 radical (unpaired) electrons. The highest BCUT2D eigenvalue weighted by Crippen LogP contribution is 2.19. The Kier molecular flexibility index (Phi) is 4.98. The van der Waals surface area contributed by atoms with Crippen molar-refractivity contribution in [2.75, 3.05) is 16.4 Å². The topological polar surface area (TPSA) is 88.8 Å². The Bertz CT molecular complexity index is 838. The Morgan fingerprint density at radius 1 is 0.875 bits per heavy atom. The average molecular weight is 361 g/mol. The van der Waals surface area contributed by atoms with Gasteiger partial charge >= 0.3 is 0 Å². The van der Waals surface area contributed by atoms with Crippen LogP contribution in [0.1, 0.15) is 5.82 Å². The van der Waals surface area contributed by atoms with Crippen molar-refractivity contribution in [3.05, 3.63) is 64.4 Å². The maximum atomic E-state index is 5.97. The largest absolute Gasteiger partial charge is 0.378 e. The van der Waals surface area contributed by atoms with Gasteiger partial charge in [-0.25, -0.2) is 0 Å². The van der Waals surface area contributed by atoms with Crippen LogP contribution in [-0.2, 0) is 6.54 Å². The summed E-state index contributed by atoms with van der Waals surface area (Å²) in [5, 5.41) is 7.56. The van der Waals surface area contributed by atoms with E-state index in [-0.39, 0.29) is 5.95 Å². The van der Waals surface area contributed by atoms with Crippen LogP contribution >= 0.6 is 23.2 Å². The quantitative estimate of drug-likeness (QED) is 0.634. The van der Waals surface area contributed by atoms with Gasteiger partial charge in [-0.05, 0) is 42.5 Å². The van der Waals surface area contributed by atoms with Gasteiger partial charge in [-0.3, -0.25) is 0 Å². The van der Waals surface area contributed by atoms with Crippen molar-refractivity contribution in [3.8, 4) is 0 Å². The molecule has 0 unspecified atom stereocenters. The molecule has 24 heavy (non-hydrogen) atoms. The Morgan fingerprint density at radius 3 is 2.42 bits per heavy atom. The third-order valence-corrected chi connectivity index (χ3v) is 3.56. The first-order valence-corrected chi connectivity index (χ1v) is 7.86. The van der Waals surface area contributed by atoms with Crippen molar-refractivity contribution in [2.24, 2.45) is 0 Å². The zero-order valence-corrected chi connectivity index (χ0v) is 14.0. The summed E-state index contributed by atoms with van der Waals surface area (Å²) in [6.07, 6.45) is 0. The number of nitrogen functional groups attached to an aromatic ring is 1. The number of nitrogens with zero attached hydrogens (tertiary/aromatic N) is 3. The summed E-state index contributed by atoms with van der Waals surface area (Å²) < 4.78 is 0. The minimum Gasteiger partial charge on any atom is -0.378 e. The molecular weight excluding hydrogens is 347 g/mol. The average Bonchev–Trinajstić information content (AvgIpc) is 2.54. The van der Waals surface area contributed by atoms with Gasteiger partial charge in [0.05, 0.1) is 6.54 Å². The Balaban J connectivity index is 1.72. The summed E-state index contributed by atoms with van der Waals surface area (Å²) in [5.74, 6) is 1.02. The molecule has 122 valence electrons. The molecule has 1 heterocycles. The lowest BCUT2D eigenvalue weighted by Gasteiger charge is -2.09. The van der Waals surface area contributed by atoms with Crippen molar-refractivity contribution >= 4 is 46.5 Å². The second-order valence-corrected chi connectivity index (χ2v) is 5.80. The van der Waals surface area contributed by atoms with Gasteiger partial charge in [0.1, 0.15) is 0 Å². The fourth-order valence-electron chi connectivity index (χ4n) is 2.02. The number of benzene rings is 2. The van der Waals surface area contributed by atoms with Crippen LogP contribution in [0.3, 0.4) is 0 Å². The lowest BCUT2D eigenvalue weighted by molar-refractivity contribution is 0.921. The fraction of sp³-hybridized carbons (Fsp3) is 0.0625. The van der Waals surface area contributed by atoms with Gasteiger partial charge in [0, 0.05) is 21.4 Å². The lowest BCUT2D eigenvalue weighted by atomic mass is 10.3. The lowest BCUT2D eigenvalue weighted by Crippen LogP contribution is -2.10. The summed E-state index contributed by atoms with van der Waals surface area (Å²) in [7, 11) is 0. The Labute approximate surface area is 149 Å². The maximum absolute atomic E-state index is 5.97. The predicted molar refractivity (Wildman–Crippen MR) is 97.8 cm³/mol. The molecule has 0 saturated heterocycles. The maximum Gasteiger partial charge on any atom is 0.232 e. The fourth-order valence-corrected chi connectivity index (χ4v) is 2.33. The highest BCUT2D eigenvalue weighted by atomic mass is 35.5. The predicted octanol–water partition coefficient (Wildman–Crippen LogP) is 4.12. The zero-order chi connectivity index (χ0) is 16.9. The highest BCUT2D eigenvalue weighted by Gasteiger charge is 2.05. The summed E-state index contributed by atoms with van der Waals surface area (Å²) in [6.45, 7) is 0.401. The van der Waals surface area contributed by atoms with E-state index in [1.165, 1.54) is 0 Å². The molecule has 0 fully saturated rings. The van der Waals surface area contributed by atoms with E-state index in [0.29, 0.717) is 28.4 Å². The molecule has 8 heteroatoms. The van der Waals surface area contributed by atoms with Gasteiger partial charge in [0.2, 0.25) is 11.9 Å². The smallest absolute Gasteiger partial charge is 0.232 e. The third-order valence-electron chi connectivity index (χ3n) is 3.07. The van der Waals surface area contributed by atoms with Crippen LogP contribution in [0.5, 0.6) is 0 Å². The van der Waals surface area contributed by atoms with Crippen LogP contribution in [0.15, 0.2) is 48.5 Å². The van der Waals surface area contributed by atoms with E-state index in [2.05, 4.69) is 25.6 Å². The van der Waals surface area contributed by atoms with E-state index in [1.807, 2.05) is 24.3 Å². The molecule has 0 atom stereocenters. The van der Waals surface area contributed by atoms with Crippen LogP contribution in [0.2, 0.25) is 10.0 Å². The van der Waals surface area contributed by atoms with E-state index < -0.39 is 0 Å². The summed E-state index contributed by atoms with van der Waals surface area (Å²) in [5.41, 5.74) is 7.43. The van der Waals surface area contributed by atoms with Crippen LogP contribution < -0.4 is 16.4 Å². The van der Waals surface area contributed by atoms with Crippen molar-refractivity contribution in [1.82, 2.24) is 15.0 Å².